The van der Waals surface area contributed by atoms with Crippen molar-refractivity contribution < 1.29 is 38.4 Å². The molecule has 0 aliphatic carbocycles. The molecule has 158 valence electrons. The number of carbonyl (C=O) groups excluding carboxylic acids is 2. The highest BCUT2D eigenvalue weighted by Gasteiger charge is 2.43. The molecule has 0 saturated carbocycles. The van der Waals surface area contributed by atoms with Gasteiger partial charge in [0.15, 0.2) is 23.0 Å². The standard InChI is InChI=1S/C22H22O8/c1-26-16-11-13(6-7-15(16)23)20-19(22(25)29-4)14-9-12(5-8-18(24)28-3)10-17(27-2)21(14)30-20/h5-11,19-20,23H,1-4H3/b8-5+. The van der Waals surface area contributed by atoms with E-state index in [4.69, 9.17) is 18.9 Å². The number of aromatic hydroxyl groups is 1. The fourth-order valence-electron chi connectivity index (χ4n) is 3.35. The highest BCUT2D eigenvalue weighted by Crippen LogP contribution is 2.52. The van der Waals surface area contributed by atoms with Gasteiger partial charge in [0.2, 0.25) is 0 Å². The first-order chi connectivity index (χ1) is 14.4. The van der Waals surface area contributed by atoms with Crippen LogP contribution in [0.1, 0.15) is 28.7 Å². The van der Waals surface area contributed by atoms with E-state index in [1.54, 1.807) is 30.3 Å². The Morgan fingerprint density at radius 2 is 1.73 bits per heavy atom. The lowest BCUT2D eigenvalue weighted by atomic mass is 9.90. The molecule has 1 heterocycles. The number of fused-ring (bicyclic) bond motifs is 1. The van der Waals surface area contributed by atoms with Crippen LogP contribution in [-0.2, 0) is 19.1 Å². The van der Waals surface area contributed by atoms with Crippen LogP contribution in [-0.4, -0.2) is 45.5 Å². The summed E-state index contributed by atoms with van der Waals surface area (Å²) in [7, 11) is 5.50. The Kier molecular flexibility index (Phi) is 6.15. The molecule has 1 aliphatic heterocycles. The lowest BCUT2D eigenvalue weighted by Crippen LogP contribution is -2.20. The predicted octanol–water partition coefficient (Wildman–Crippen LogP) is 2.99. The van der Waals surface area contributed by atoms with Crippen molar-refractivity contribution in [2.24, 2.45) is 0 Å². The fraction of sp³-hybridized carbons (Fsp3) is 0.273. The topological polar surface area (TPSA) is 101 Å². The molecule has 2 aromatic rings. The molecule has 0 bridgehead atoms. The summed E-state index contributed by atoms with van der Waals surface area (Å²) in [6.45, 7) is 0. The van der Waals surface area contributed by atoms with Crippen LogP contribution < -0.4 is 14.2 Å². The summed E-state index contributed by atoms with van der Waals surface area (Å²) in [4.78, 5) is 24.1. The van der Waals surface area contributed by atoms with E-state index in [0.29, 0.717) is 28.2 Å². The molecular weight excluding hydrogens is 392 g/mol. The molecule has 0 amide bonds. The number of hydrogen-bond acceptors (Lipinski definition) is 8. The first kappa shape index (κ1) is 21.0. The summed E-state index contributed by atoms with van der Waals surface area (Å²) in [5.41, 5.74) is 1.80. The van der Waals surface area contributed by atoms with Crippen molar-refractivity contribution >= 4 is 18.0 Å². The number of phenolic OH excluding ortho intramolecular Hbond substituents is 1. The molecule has 0 aromatic heterocycles. The molecule has 2 aromatic carbocycles. The number of phenols is 1. The number of carbonyl (C=O) groups is 2. The van der Waals surface area contributed by atoms with E-state index in [1.165, 1.54) is 40.6 Å². The molecule has 2 unspecified atom stereocenters. The summed E-state index contributed by atoms with van der Waals surface area (Å²) in [6, 6.07) is 8.14. The van der Waals surface area contributed by atoms with Crippen LogP contribution in [0.4, 0.5) is 0 Å². The molecule has 30 heavy (non-hydrogen) atoms. The van der Waals surface area contributed by atoms with Crippen LogP contribution in [0.2, 0.25) is 0 Å². The lowest BCUT2D eigenvalue weighted by molar-refractivity contribution is -0.144. The van der Waals surface area contributed by atoms with Gasteiger partial charge in [-0.1, -0.05) is 6.07 Å². The second-order valence-corrected chi connectivity index (χ2v) is 6.47. The van der Waals surface area contributed by atoms with Crippen LogP contribution in [0, 0.1) is 0 Å². The van der Waals surface area contributed by atoms with E-state index in [-0.39, 0.29) is 11.5 Å². The van der Waals surface area contributed by atoms with Gasteiger partial charge in [-0.15, -0.1) is 0 Å². The van der Waals surface area contributed by atoms with Crippen LogP contribution in [0.15, 0.2) is 36.4 Å². The summed E-state index contributed by atoms with van der Waals surface area (Å²) in [5, 5.41) is 9.89. The van der Waals surface area contributed by atoms with Crippen LogP contribution in [0.5, 0.6) is 23.0 Å². The molecule has 2 atom stereocenters. The maximum atomic E-state index is 12.7. The molecule has 1 aliphatic rings. The van der Waals surface area contributed by atoms with Crippen LogP contribution >= 0.6 is 0 Å². The summed E-state index contributed by atoms with van der Waals surface area (Å²) in [5.74, 6) is -0.770. The Balaban J connectivity index is 2.11. The molecule has 3 rings (SSSR count). The Labute approximate surface area is 173 Å². The number of rotatable bonds is 6. The third-order valence-corrected chi connectivity index (χ3v) is 4.81. The number of methoxy groups -OCH3 is 4. The Morgan fingerprint density at radius 3 is 2.37 bits per heavy atom. The smallest absolute Gasteiger partial charge is 0.330 e. The molecule has 0 radical (unpaired) electrons. The van der Waals surface area contributed by atoms with E-state index >= 15 is 0 Å². The highest BCUT2D eigenvalue weighted by molar-refractivity contribution is 5.88. The monoisotopic (exact) mass is 414 g/mol. The van der Waals surface area contributed by atoms with Gasteiger partial charge in [-0.2, -0.15) is 0 Å². The van der Waals surface area contributed by atoms with Gasteiger partial charge in [-0.3, -0.25) is 4.79 Å². The summed E-state index contributed by atoms with van der Waals surface area (Å²) in [6.07, 6.45) is 2.10. The van der Waals surface area contributed by atoms with Crippen molar-refractivity contribution in [3.63, 3.8) is 0 Å². The zero-order valence-corrected chi connectivity index (χ0v) is 17.0. The van der Waals surface area contributed by atoms with Gasteiger partial charge in [0.05, 0.1) is 28.4 Å². The Bertz CT molecular complexity index is 995. The number of hydrogen-bond donors (Lipinski definition) is 1. The number of esters is 2. The van der Waals surface area contributed by atoms with E-state index in [0.717, 1.165) is 0 Å². The fourth-order valence-corrected chi connectivity index (χ4v) is 3.35. The maximum Gasteiger partial charge on any atom is 0.330 e. The van der Waals surface area contributed by atoms with Crippen molar-refractivity contribution in [1.29, 1.82) is 0 Å². The lowest BCUT2D eigenvalue weighted by Gasteiger charge is -2.18. The average Bonchev–Trinajstić information content (AvgIpc) is 3.16. The molecule has 0 spiro atoms. The van der Waals surface area contributed by atoms with Crippen molar-refractivity contribution in [2.75, 3.05) is 28.4 Å². The normalized spacial score (nSPS) is 17.2. The van der Waals surface area contributed by atoms with Crippen molar-refractivity contribution in [1.82, 2.24) is 0 Å². The minimum absolute atomic E-state index is 0.0285. The van der Waals surface area contributed by atoms with E-state index in [1.807, 2.05) is 0 Å². The molecule has 0 saturated heterocycles. The van der Waals surface area contributed by atoms with E-state index < -0.39 is 24.0 Å². The second kappa shape index (κ2) is 8.77. The zero-order chi connectivity index (χ0) is 21.8. The van der Waals surface area contributed by atoms with Crippen molar-refractivity contribution in [2.45, 2.75) is 12.0 Å². The van der Waals surface area contributed by atoms with Gasteiger partial charge in [-0.05, 0) is 41.5 Å². The first-order valence-electron chi connectivity index (χ1n) is 9.02. The van der Waals surface area contributed by atoms with Gasteiger partial charge in [-0.25, -0.2) is 4.79 Å². The third-order valence-electron chi connectivity index (χ3n) is 4.81. The Morgan fingerprint density at radius 1 is 1.00 bits per heavy atom. The van der Waals surface area contributed by atoms with Crippen LogP contribution in [0.25, 0.3) is 6.08 Å². The van der Waals surface area contributed by atoms with Crippen molar-refractivity contribution in [3.8, 4) is 23.0 Å². The zero-order valence-electron chi connectivity index (χ0n) is 17.0. The largest absolute Gasteiger partial charge is 0.504 e. The first-order valence-corrected chi connectivity index (χ1v) is 9.02. The molecule has 1 N–H and O–H groups in total. The summed E-state index contributed by atoms with van der Waals surface area (Å²) >= 11 is 0. The van der Waals surface area contributed by atoms with E-state index in [9.17, 15) is 14.7 Å². The van der Waals surface area contributed by atoms with Gasteiger partial charge >= 0.3 is 11.9 Å². The number of ether oxygens (including phenoxy) is 5. The Hall–Kier alpha value is -3.68. The van der Waals surface area contributed by atoms with Gasteiger partial charge in [0, 0.05) is 11.6 Å². The van der Waals surface area contributed by atoms with Gasteiger partial charge < -0.3 is 28.8 Å². The predicted molar refractivity (Wildman–Crippen MR) is 107 cm³/mol. The minimum Gasteiger partial charge on any atom is -0.504 e. The van der Waals surface area contributed by atoms with Crippen LogP contribution in [0.3, 0.4) is 0 Å². The molecule has 0 fully saturated rings. The highest BCUT2D eigenvalue weighted by atomic mass is 16.5. The van der Waals surface area contributed by atoms with Gasteiger partial charge in [0.1, 0.15) is 12.0 Å². The second-order valence-electron chi connectivity index (χ2n) is 6.47. The molecule has 8 heteroatoms. The molecule has 8 nitrogen and oxygen atoms in total. The SMILES string of the molecule is COC(=O)/C=C/c1cc(OC)c2c(c1)C(C(=O)OC)C(c1ccc(O)c(OC)c1)O2. The summed E-state index contributed by atoms with van der Waals surface area (Å²) < 4.78 is 26.4. The van der Waals surface area contributed by atoms with E-state index in [2.05, 4.69) is 4.74 Å². The van der Waals surface area contributed by atoms with Gasteiger partial charge in [0.25, 0.3) is 0 Å². The van der Waals surface area contributed by atoms with Crippen molar-refractivity contribution in [3.05, 3.63) is 53.1 Å². The number of benzene rings is 2. The quantitative estimate of drug-likeness (QED) is 0.569. The third kappa shape index (κ3) is 3.89. The average molecular weight is 414 g/mol. The molecular formula is C22H22O8. The maximum absolute atomic E-state index is 12.7. The minimum atomic E-state index is -0.792.